The highest BCUT2D eigenvalue weighted by atomic mass is 16.4. The number of carbonyl (C=O) groups is 1. The SMILES string of the molecule is [B]C(CCN1Cc2cc(O)ccc2C[C@H]1CO)(C(=O)O)C(N)CCCO. The molecule has 8 heteroatoms. The predicted molar refractivity (Wildman–Crippen MR) is 98.1 cm³/mol. The molecule has 0 aromatic heterocycles. The number of nitrogens with zero attached hydrogens (tertiary/aromatic N) is 1. The molecule has 7 nitrogen and oxygen atoms in total. The van der Waals surface area contributed by atoms with Gasteiger partial charge in [-0.1, -0.05) is 6.07 Å². The van der Waals surface area contributed by atoms with E-state index in [9.17, 15) is 20.1 Å². The number of aromatic hydroxyl groups is 1. The van der Waals surface area contributed by atoms with Crippen LogP contribution >= 0.6 is 0 Å². The van der Waals surface area contributed by atoms with E-state index in [0.29, 0.717) is 32.4 Å². The lowest BCUT2D eigenvalue weighted by Crippen LogP contribution is -2.48. The largest absolute Gasteiger partial charge is 0.508 e. The van der Waals surface area contributed by atoms with Gasteiger partial charge in [0.15, 0.2) is 0 Å². The minimum atomic E-state index is -1.60. The number of aliphatic hydroxyl groups is 2. The summed E-state index contributed by atoms with van der Waals surface area (Å²) < 4.78 is 0. The summed E-state index contributed by atoms with van der Waals surface area (Å²) in [5.74, 6) is -0.991. The van der Waals surface area contributed by atoms with Crippen molar-refractivity contribution >= 4 is 13.8 Å². The normalized spacial score (nSPS) is 21.0. The van der Waals surface area contributed by atoms with Gasteiger partial charge < -0.3 is 26.2 Å². The second kappa shape index (κ2) is 8.86. The van der Waals surface area contributed by atoms with E-state index in [4.69, 9.17) is 18.7 Å². The van der Waals surface area contributed by atoms with E-state index in [1.165, 1.54) is 0 Å². The van der Waals surface area contributed by atoms with Crippen LogP contribution in [-0.4, -0.2) is 71.0 Å². The van der Waals surface area contributed by atoms with E-state index in [0.717, 1.165) is 11.1 Å². The molecule has 0 fully saturated rings. The fourth-order valence-corrected chi connectivity index (χ4v) is 3.48. The number of benzene rings is 1. The Hall–Kier alpha value is -1.61. The Bertz CT molecular complexity index is 630. The van der Waals surface area contributed by atoms with Crippen LogP contribution in [0.15, 0.2) is 18.2 Å². The molecule has 26 heavy (non-hydrogen) atoms. The topological polar surface area (TPSA) is 127 Å². The number of aliphatic hydroxyl groups excluding tert-OH is 2. The third kappa shape index (κ3) is 4.56. The maximum Gasteiger partial charge on any atom is 0.302 e. The maximum atomic E-state index is 11.7. The summed E-state index contributed by atoms with van der Waals surface area (Å²) in [5, 5.41) is 36.3. The standard InChI is InChI=1S/C18H27BN2O5/c19-18(17(25)26,16(20)2-1-7-22)5-6-21-10-13-9-15(24)4-3-12(13)8-14(21)11-23/h3-4,9,14,16,22-24H,1-2,5-8,10-11,20H2,(H,25,26)/t14-,16?,18?/m0/s1. The molecule has 6 N–H and O–H groups in total. The summed E-state index contributed by atoms with van der Waals surface area (Å²) >= 11 is 0. The first-order valence-electron chi connectivity index (χ1n) is 8.86. The number of rotatable bonds is 9. The molecule has 1 aliphatic heterocycles. The zero-order valence-electron chi connectivity index (χ0n) is 14.8. The van der Waals surface area contributed by atoms with Gasteiger partial charge in [0.25, 0.3) is 0 Å². The van der Waals surface area contributed by atoms with Crippen molar-refractivity contribution in [3.63, 3.8) is 0 Å². The van der Waals surface area contributed by atoms with Crippen molar-refractivity contribution in [2.45, 2.75) is 49.6 Å². The Kier molecular flexibility index (Phi) is 7.05. The van der Waals surface area contributed by atoms with Crippen molar-refractivity contribution in [1.29, 1.82) is 0 Å². The number of carboxylic acids is 1. The fourth-order valence-electron chi connectivity index (χ4n) is 3.48. The number of aliphatic carboxylic acids is 1. The third-order valence-corrected chi connectivity index (χ3v) is 5.29. The molecular formula is C18H27BN2O5. The molecule has 142 valence electrons. The zero-order chi connectivity index (χ0) is 19.3. The summed E-state index contributed by atoms with van der Waals surface area (Å²) in [6.07, 6.45) is 1.45. The minimum absolute atomic E-state index is 0.0540. The molecule has 0 saturated carbocycles. The summed E-state index contributed by atoms with van der Waals surface area (Å²) in [7, 11) is 6.11. The third-order valence-electron chi connectivity index (χ3n) is 5.29. The maximum absolute atomic E-state index is 11.7. The van der Waals surface area contributed by atoms with Crippen molar-refractivity contribution in [3.8, 4) is 5.75 Å². The van der Waals surface area contributed by atoms with Gasteiger partial charge in [-0.25, -0.2) is 0 Å². The molecule has 1 aromatic carbocycles. The average Bonchev–Trinajstić information content (AvgIpc) is 2.62. The highest BCUT2D eigenvalue weighted by Gasteiger charge is 2.39. The van der Waals surface area contributed by atoms with Crippen LogP contribution in [0.1, 0.15) is 30.4 Å². The van der Waals surface area contributed by atoms with Gasteiger partial charge in [-0.2, -0.15) is 0 Å². The molecule has 3 atom stereocenters. The first-order chi connectivity index (χ1) is 12.3. The van der Waals surface area contributed by atoms with E-state index in [2.05, 4.69) is 0 Å². The van der Waals surface area contributed by atoms with Crippen molar-refractivity contribution < 1.29 is 25.2 Å². The van der Waals surface area contributed by atoms with E-state index in [1.54, 1.807) is 12.1 Å². The second-order valence-electron chi connectivity index (χ2n) is 7.03. The predicted octanol–water partition coefficient (Wildman–Crippen LogP) is 0.0129. The quantitative estimate of drug-likeness (QED) is 0.392. The number of hydrogen-bond acceptors (Lipinski definition) is 6. The zero-order valence-corrected chi connectivity index (χ0v) is 14.8. The van der Waals surface area contributed by atoms with Gasteiger partial charge in [0.2, 0.25) is 0 Å². The van der Waals surface area contributed by atoms with Gasteiger partial charge in [0.1, 0.15) is 5.75 Å². The van der Waals surface area contributed by atoms with Gasteiger partial charge in [0, 0.05) is 30.5 Å². The van der Waals surface area contributed by atoms with Crippen LogP contribution in [0.3, 0.4) is 0 Å². The van der Waals surface area contributed by atoms with Crippen molar-refractivity contribution in [1.82, 2.24) is 4.90 Å². The van der Waals surface area contributed by atoms with Crippen molar-refractivity contribution in [2.24, 2.45) is 5.73 Å². The summed E-state index contributed by atoms with van der Waals surface area (Å²) in [6.45, 7) is 0.733. The van der Waals surface area contributed by atoms with Crippen molar-refractivity contribution in [3.05, 3.63) is 29.3 Å². The Morgan fingerprint density at radius 2 is 2.12 bits per heavy atom. The van der Waals surface area contributed by atoms with Crippen molar-refractivity contribution in [2.75, 3.05) is 19.8 Å². The molecule has 2 unspecified atom stereocenters. The van der Waals surface area contributed by atoms with Crippen LogP contribution in [0.4, 0.5) is 0 Å². The van der Waals surface area contributed by atoms with Gasteiger partial charge in [-0.3, -0.25) is 9.69 Å². The molecule has 1 aromatic rings. The number of phenols is 1. The highest BCUT2D eigenvalue weighted by molar-refractivity contribution is 6.27. The Morgan fingerprint density at radius 1 is 1.38 bits per heavy atom. The minimum Gasteiger partial charge on any atom is -0.508 e. The Morgan fingerprint density at radius 3 is 2.73 bits per heavy atom. The number of hydrogen-bond donors (Lipinski definition) is 5. The second-order valence-corrected chi connectivity index (χ2v) is 7.03. The summed E-state index contributed by atoms with van der Waals surface area (Å²) in [6, 6.07) is 4.24. The van der Waals surface area contributed by atoms with E-state index in [1.807, 2.05) is 11.0 Å². The smallest absolute Gasteiger partial charge is 0.302 e. The molecule has 1 heterocycles. The van der Waals surface area contributed by atoms with Gasteiger partial charge in [-0.15, -0.1) is 0 Å². The van der Waals surface area contributed by atoms with Gasteiger partial charge >= 0.3 is 5.97 Å². The molecule has 0 spiro atoms. The lowest BCUT2D eigenvalue weighted by Gasteiger charge is -2.39. The molecule has 0 saturated heterocycles. The van der Waals surface area contributed by atoms with Crippen LogP contribution in [-0.2, 0) is 17.8 Å². The molecule has 0 amide bonds. The monoisotopic (exact) mass is 362 g/mol. The molecule has 0 bridgehead atoms. The van der Waals surface area contributed by atoms with Crippen LogP contribution in [0.5, 0.6) is 5.75 Å². The number of carboxylic acid groups (broad SMARTS) is 1. The van der Waals surface area contributed by atoms with Crippen LogP contribution < -0.4 is 5.73 Å². The average molecular weight is 362 g/mol. The Balaban J connectivity index is 2.11. The van der Waals surface area contributed by atoms with Gasteiger partial charge in [0.05, 0.1) is 14.5 Å². The molecular weight excluding hydrogens is 335 g/mol. The number of fused-ring (bicyclic) bond motifs is 1. The lowest BCUT2D eigenvalue weighted by atomic mass is 9.60. The summed E-state index contributed by atoms with van der Waals surface area (Å²) in [5.41, 5.74) is 8.02. The van der Waals surface area contributed by atoms with Crippen LogP contribution in [0.25, 0.3) is 0 Å². The Labute approximate surface area is 154 Å². The van der Waals surface area contributed by atoms with Gasteiger partial charge in [-0.05, 0) is 55.5 Å². The number of nitrogens with two attached hydrogens (primary N) is 1. The molecule has 0 aliphatic carbocycles. The first-order valence-corrected chi connectivity index (χ1v) is 8.86. The molecule has 2 radical (unpaired) electrons. The van der Waals surface area contributed by atoms with E-state index >= 15 is 0 Å². The number of phenolic OH excluding ortho intramolecular Hbond substituents is 1. The fraction of sp³-hybridized carbons (Fsp3) is 0.611. The molecule has 1 aliphatic rings. The highest BCUT2D eigenvalue weighted by Crippen LogP contribution is 2.34. The van der Waals surface area contributed by atoms with Crippen LogP contribution in [0.2, 0.25) is 5.31 Å². The first kappa shape index (κ1) is 20.7. The lowest BCUT2D eigenvalue weighted by molar-refractivity contribution is -0.141. The van der Waals surface area contributed by atoms with Crippen LogP contribution in [0, 0.1) is 0 Å². The van der Waals surface area contributed by atoms with E-state index < -0.39 is 17.3 Å². The van der Waals surface area contributed by atoms with E-state index in [-0.39, 0.29) is 31.4 Å². The molecule has 2 rings (SSSR count). The summed E-state index contributed by atoms with van der Waals surface area (Å²) in [4.78, 5) is 13.7.